The van der Waals surface area contributed by atoms with Crippen molar-refractivity contribution < 1.29 is 13.9 Å². The molecule has 2 aromatic carbocycles. The van der Waals surface area contributed by atoms with Gasteiger partial charge in [0.2, 0.25) is 0 Å². The van der Waals surface area contributed by atoms with Crippen LogP contribution in [0.5, 0.6) is 5.75 Å². The van der Waals surface area contributed by atoms with Crippen LogP contribution < -0.4 is 15.7 Å². The van der Waals surface area contributed by atoms with Gasteiger partial charge in [0.1, 0.15) is 11.3 Å². The highest BCUT2D eigenvalue weighted by molar-refractivity contribution is 6.42. The summed E-state index contributed by atoms with van der Waals surface area (Å²) in [5, 5.41) is 4.48. The molecule has 0 saturated carbocycles. The van der Waals surface area contributed by atoms with Crippen LogP contribution in [0.2, 0.25) is 10.0 Å². The van der Waals surface area contributed by atoms with Gasteiger partial charge in [0, 0.05) is 17.5 Å². The Labute approximate surface area is 159 Å². The summed E-state index contributed by atoms with van der Waals surface area (Å²) in [5.41, 5.74) is 0.794. The third-order valence-corrected chi connectivity index (χ3v) is 4.52. The van der Waals surface area contributed by atoms with E-state index in [0.29, 0.717) is 21.4 Å². The van der Waals surface area contributed by atoms with Gasteiger partial charge in [-0.25, -0.2) is 4.79 Å². The summed E-state index contributed by atoms with van der Waals surface area (Å²) in [4.78, 5) is 23.4. The van der Waals surface area contributed by atoms with Crippen LogP contribution in [0, 0.1) is 0 Å². The van der Waals surface area contributed by atoms with Gasteiger partial charge < -0.3 is 14.5 Å². The summed E-state index contributed by atoms with van der Waals surface area (Å²) in [7, 11) is 0. The molecule has 0 aliphatic carbocycles. The van der Waals surface area contributed by atoms with E-state index in [1.807, 2.05) is 6.92 Å². The highest BCUT2D eigenvalue weighted by Gasteiger charge is 2.12. The van der Waals surface area contributed by atoms with Crippen molar-refractivity contribution in [3.8, 4) is 5.75 Å². The van der Waals surface area contributed by atoms with Gasteiger partial charge in [-0.1, -0.05) is 29.3 Å². The molecule has 0 aliphatic rings. The van der Waals surface area contributed by atoms with Crippen LogP contribution in [-0.4, -0.2) is 12.5 Å². The minimum Gasteiger partial charge on any atom is -0.484 e. The quantitative estimate of drug-likeness (QED) is 0.656. The molecule has 134 valence electrons. The van der Waals surface area contributed by atoms with Crippen molar-refractivity contribution in [1.82, 2.24) is 5.32 Å². The SMILES string of the molecule is C[C@@H](NC(=O)COc1ccc2ccc(=O)oc2c1)c1ccc(Cl)c(Cl)c1. The molecule has 0 bridgehead atoms. The average molecular weight is 392 g/mol. The van der Waals surface area contributed by atoms with Gasteiger partial charge in [-0.05, 0) is 42.8 Å². The van der Waals surface area contributed by atoms with E-state index in [9.17, 15) is 9.59 Å². The average Bonchev–Trinajstić information content (AvgIpc) is 2.61. The van der Waals surface area contributed by atoms with E-state index in [-0.39, 0.29) is 18.6 Å². The highest BCUT2D eigenvalue weighted by Crippen LogP contribution is 2.25. The minimum atomic E-state index is -0.442. The molecule has 26 heavy (non-hydrogen) atoms. The van der Waals surface area contributed by atoms with E-state index in [4.69, 9.17) is 32.4 Å². The first kappa shape index (κ1) is 18.3. The van der Waals surface area contributed by atoms with E-state index < -0.39 is 5.63 Å². The first-order valence-electron chi connectivity index (χ1n) is 7.83. The third kappa shape index (κ3) is 4.36. The van der Waals surface area contributed by atoms with E-state index in [0.717, 1.165) is 10.9 Å². The van der Waals surface area contributed by atoms with Gasteiger partial charge in [-0.15, -0.1) is 0 Å². The lowest BCUT2D eigenvalue weighted by Gasteiger charge is -2.15. The Morgan fingerprint density at radius 3 is 2.65 bits per heavy atom. The van der Waals surface area contributed by atoms with Crippen LogP contribution in [0.25, 0.3) is 11.0 Å². The summed E-state index contributed by atoms with van der Waals surface area (Å²) >= 11 is 11.9. The van der Waals surface area contributed by atoms with Crippen molar-refractivity contribution in [3.63, 3.8) is 0 Å². The Hall–Kier alpha value is -2.50. The maximum absolute atomic E-state index is 12.1. The number of carbonyl (C=O) groups is 1. The lowest BCUT2D eigenvalue weighted by molar-refractivity contribution is -0.123. The van der Waals surface area contributed by atoms with Crippen LogP contribution >= 0.6 is 23.2 Å². The summed E-state index contributed by atoms with van der Waals surface area (Å²) in [5.74, 6) is 0.141. The molecule has 0 aliphatic heterocycles. The summed E-state index contributed by atoms with van der Waals surface area (Å²) in [6.07, 6.45) is 0. The molecule has 0 saturated heterocycles. The van der Waals surface area contributed by atoms with E-state index in [1.165, 1.54) is 6.07 Å². The van der Waals surface area contributed by atoms with E-state index in [1.54, 1.807) is 42.5 Å². The largest absolute Gasteiger partial charge is 0.484 e. The number of hydrogen-bond acceptors (Lipinski definition) is 4. The lowest BCUT2D eigenvalue weighted by atomic mass is 10.1. The Morgan fingerprint density at radius 2 is 1.88 bits per heavy atom. The minimum absolute atomic E-state index is 0.172. The van der Waals surface area contributed by atoms with Crippen LogP contribution in [0.3, 0.4) is 0 Å². The number of ether oxygens (including phenoxy) is 1. The Balaban J connectivity index is 1.61. The summed E-state index contributed by atoms with van der Waals surface area (Å²) < 4.78 is 10.6. The molecule has 0 spiro atoms. The molecular weight excluding hydrogens is 377 g/mol. The van der Waals surface area contributed by atoms with Crippen LogP contribution in [-0.2, 0) is 4.79 Å². The van der Waals surface area contributed by atoms with Crippen molar-refractivity contribution in [2.75, 3.05) is 6.61 Å². The number of carbonyl (C=O) groups excluding carboxylic acids is 1. The van der Waals surface area contributed by atoms with Gasteiger partial charge >= 0.3 is 5.63 Å². The smallest absolute Gasteiger partial charge is 0.336 e. The molecule has 0 fully saturated rings. The molecule has 1 N–H and O–H groups in total. The molecule has 0 radical (unpaired) electrons. The number of nitrogens with one attached hydrogen (secondary N) is 1. The summed E-state index contributed by atoms with van der Waals surface area (Å²) in [6.45, 7) is 1.66. The highest BCUT2D eigenvalue weighted by atomic mass is 35.5. The molecule has 1 atom stereocenters. The van der Waals surface area contributed by atoms with E-state index in [2.05, 4.69) is 5.32 Å². The van der Waals surface area contributed by atoms with Gasteiger partial charge in [0.25, 0.3) is 5.91 Å². The maximum Gasteiger partial charge on any atom is 0.336 e. The second kappa shape index (κ2) is 7.81. The Bertz CT molecular complexity index is 1020. The molecule has 1 aromatic heterocycles. The standard InChI is InChI=1S/C19H15Cl2NO4/c1-11(13-3-6-15(20)16(21)8-13)22-18(23)10-25-14-5-2-12-4-7-19(24)26-17(12)9-14/h2-9,11H,10H2,1H3,(H,22,23)/t11-/m1/s1. The molecular formula is C19H15Cl2NO4. The molecule has 0 unspecified atom stereocenters. The molecule has 3 rings (SSSR count). The van der Waals surface area contributed by atoms with Crippen molar-refractivity contribution in [3.05, 3.63) is 74.6 Å². The van der Waals surface area contributed by atoms with Gasteiger partial charge in [-0.2, -0.15) is 0 Å². The van der Waals surface area contributed by atoms with Gasteiger partial charge in [0.15, 0.2) is 6.61 Å². The Kier molecular flexibility index (Phi) is 5.49. The lowest BCUT2D eigenvalue weighted by Crippen LogP contribution is -2.31. The predicted molar refractivity (Wildman–Crippen MR) is 101 cm³/mol. The fourth-order valence-corrected chi connectivity index (χ4v) is 2.73. The number of halogens is 2. The normalized spacial score (nSPS) is 12.0. The molecule has 7 heteroatoms. The molecule has 1 heterocycles. The van der Waals surface area contributed by atoms with Gasteiger partial charge in [0.05, 0.1) is 16.1 Å². The zero-order valence-electron chi connectivity index (χ0n) is 13.8. The fraction of sp³-hybridized carbons (Fsp3) is 0.158. The first-order valence-corrected chi connectivity index (χ1v) is 8.59. The van der Waals surface area contributed by atoms with E-state index >= 15 is 0 Å². The number of hydrogen-bond donors (Lipinski definition) is 1. The van der Waals surface area contributed by atoms with Crippen LogP contribution in [0.4, 0.5) is 0 Å². The molecule has 1 amide bonds. The number of rotatable bonds is 5. The van der Waals surface area contributed by atoms with Gasteiger partial charge in [-0.3, -0.25) is 4.79 Å². The van der Waals surface area contributed by atoms with Crippen molar-refractivity contribution in [2.45, 2.75) is 13.0 Å². The van der Waals surface area contributed by atoms with Crippen molar-refractivity contribution in [1.29, 1.82) is 0 Å². The fourth-order valence-electron chi connectivity index (χ4n) is 2.43. The zero-order chi connectivity index (χ0) is 18.7. The maximum atomic E-state index is 12.1. The van der Waals surface area contributed by atoms with Crippen molar-refractivity contribution >= 4 is 40.1 Å². The number of amides is 1. The summed E-state index contributed by atoms with van der Waals surface area (Å²) in [6, 6.07) is 13.0. The predicted octanol–water partition coefficient (Wildman–Crippen LogP) is 4.36. The first-order chi connectivity index (χ1) is 12.4. The monoisotopic (exact) mass is 391 g/mol. The third-order valence-electron chi connectivity index (χ3n) is 3.79. The molecule has 5 nitrogen and oxygen atoms in total. The van der Waals surface area contributed by atoms with Crippen LogP contribution in [0.1, 0.15) is 18.5 Å². The Morgan fingerprint density at radius 1 is 1.12 bits per heavy atom. The van der Waals surface area contributed by atoms with Crippen molar-refractivity contribution in [2.24, 2.45) is 0 Å². The zero-order valence-corrected chi connectivity index (χ0v) is 15.3. The number of fused-ring (bicyclic) bond motifs is 1. The topological polar surface area (TPSA) is 68.5 Å². The van der Waals surface area contributed by atoms with Crippen LogP contribution in [0.15, 0.2) is 57.7 Å². The molecule has 3 aromatic rings. The second-order valence-electron chi connectivity index (χ2n) is 5.71. The second-order valence-corrected chi connectivity index (χ2v) is 6.52. The number of benzene rings is 2.